The average Bonchev–Trinajstić information content (AvgIpc) is 2.39. The number of aromatic nitrogens is 1. The molecular weight excluding hydrogens is 228 g/mol. The van der Waals surface area contributed by atoms with Crippen LogP contribution in [0, 0.1) is 0 Å². The number of ether oxygens (including phenoxy) is 1. The Morgan fingerprint density at radius 1 is 1.56 bits per heavy atom. The Morgan fingerprint density at radius 3 is 2.83 bits per heavy atom. The standard InChI is InChI=1S/C14H22N2O2/c1-5-11(2)16(9-10-18-4)14-13(12(3)17)7-6-8-15-14/h6-8,11H,5,9-10H2,1-4H3. The number of anilines is 1. The first-order chi connectivity index (χ1) is 8.61. The van der Waals surface area contributed by atoms with E-state index in [-0.39, 0.29) is 5.78 Å². The average molecular weight is 250 g/mol. The molecule has 1 unspecified atom stereocenters. The van der Waals surface area contributed by atoms with Crippen LogP contribution in [0.15, 0.2) is 18.3 Å². The second-order valence-electron chi connectivity index (χ2n) is 4.37. The third kappa shape index (κ3) is 3.53. The van der Waals surface area contributed by atoms with Gasteiger partial charge in [-0.15, -0.1) is 0 Å². The highest BCUT2D eigenvalue weighted by molar-refractivity contribution is 5.98. The number of ketones is 1. The molecule has 0 aliphatic heterocycles. The van der Waals surface area contributed by atoms with E-state index in [4.69, 9.17) is 4.74 Å². The maximum Gasteiger partial charge on any atom is 0.163 e. The fraction of sp³-hybridized carbons (Fsp3) is 0.571. The van der Waals surface area contributed by atoms with Gasteiger partial charge in [0.1, 0.15) is 5.82 Å². The van der Waals surface area contributed by atoms with Crippen molar-refractivity contribution >= 4 is 11.6 Å². The second-order valence-corrected chi connectivity index (χ2v) is 4.37. The van der Waals surface area contributed by atoms with Gasteiger partial charge < -0.3 is 9.64 Å². The minimum absolute atomic E-state index is 0.0452. The monoisotopic (exact) mass is 250 g/mol. The Bertz CT molecular complexity index is 393. The lowest BCUT2D eigenvalue weighted by molar-refractivity contribution is 0.101. The smallest absolute Gasteiger partial charge is 0.163 e. The second kappa shape index (κ2) is 7.11. The molecule has 4 heteroatoms. The van der Waals surface area contributed by atoms with E-state index in [0.29, 0.717) is 18.2 Å². The van der Waals surface area contributed by atoms with Crippen molar-refractivity contribution in [1.82, 2.24) is 4.98 Å². The van der Waals surface area contributed by atoms with E-state index in [0.717, 1.165) is 18.8 Å². The maximum absolute atomic E-state index is 11.7. The fourth-order valence-corrected chi connectivity index (χ4v) is 1.85. The lowest BCUT2D eigenvalue weighted by atomic mass is 10.1. The quantitative estimate of drug-likeness (QED) is 0.697. The summed E-state index contributed by atoms with van der Waals surface area (Å²) in [6.45, 7) is 7.20. The van der Waals surface area contributed by atoms with Gasteiger partial charge in [0.15, 0.2) is 5.78 Å². The van der Waals surface area contributed by atoms with Crippen LogP contribution in [0.1, 0.15) is 37.6 Å². The van der Waals surface area contributed by atoms with E-state index in [1.165, 1.54) is 0 Å². The number of Topliss-reactive ketones (excluding diaryl/α,β-unsaturated/α-hetero) is 1. The SMILES string of the molecule is CCC(C)N(CCOC)c1ncccc1C(C)=O. The van der Waals surface area contributed by atoms with Crippen molar-refractivity contribution in [1.29, 1.82) is 0 Å². The molecule has 0 fully saturated rings. The summed E-state index contributed by atoms with van der Waals surface area (Å²) in [6.07, 6.45) is 2.72. The Hall–Kier alpha value is -1.42. The minimum atomic E-state index is 0.0452. The van der Waals surface area contributed by atoms with Crippen molar-refractivity contribution in [3.8, 4) is 0 Å². The molecule has 0 aromatic carbocycles. The number of hydrogen-bond acceptors (Lipinski definition) is 4. The zero-order valence-electron chi connectivity index (χ0n) is 11.6. The van der Waals surface area contributed by atoms with Gasteiger partial charge in [-0.05, 0) is 32.4 Å². The predicted molar refractivity (Wildman–Crippen MR) is 73.2 cm³/mol. The topological polar surface area (TPSA) is 42.4 Å². The van der Waals surface area contributed by atoms with E-state index in [9.17, 15) is 4.79 Å². The molecule has 0 spiro atoms. The van der Waals surface area contributed by atoms with Gasteiger partial charge in [0.25, 0.3) is 0 Å². The molecular formula is C14H22N2O2. The number of methoxy groups -OCH3 is 1. The molecule has 0 N–H and O–H groups in total. The number of hydrogen-bond donors (Lipinski definition) is 0. The summed E-state index contributed by atoms with van der Waals surface area (Å²) in [5.41, 5.74) is 0.675. The molecule has 1 aromatic rings. The molecule has 0 radical (unpaired) electrons. The summed E-state index contributed by atoms with van der Waals surface area (Å²) in [4.78, 5) is 18.2. The Morgan fingerprint density at radius 2 is 2.28 bits per heavy atom. The molecule has 100 valence electrons. The molecule has 0 aliphatic carbocycles. The number of rotatable bonds is 7. The van der Waals surface area contributed by atoms with Crippen LogP contribution in [0.3, 0.4) is 0 Å². The molecule has 0 saturated carbocycles. The molecule has 1 heterocycles. The van der Waals surface area contributed by atoms with Crippen molar-refractivity contribution in [2.75, 3.05) is 25.2 Å². The highest BCUT2D eigenvalue weighted by Crippen LogP contribution is 2.21. The van der Waals surface area contributed by atoms with Crippen LogP contribution in [0.25, 0.3) is 0 Å². The van der Waals surface area contributed by atoms with E-state index >= 15 is 0 Å². The maximum atomic E-state index is 11.7. The van der Waals surface area contributed by atoms with Gasteiger partial charge in [0.2, 0.25) is 0 Å². The van der Waals surface area contributed by atoms with Gasteiger partial charge >= 0.3 is 0 Å². The zero-order valence-corrected chi connectivity index (χ0v) is 11.6. The molecule has 0 saturated heterocycles. The van der Waals surface area contributed by atoms with Crippen LogP contribution in [0.4, 0.5) is 5.82 Å². The van der Waals surface area contributed by atoms with Gasteiger partial charge in [0.05, 0.1) is 12.2 Å². The van der Waals surface area contributed by atoms with Crippen LogP contribution in [-0.4, -0.2) is 37.1 Å². The van der Waals surface area contributed by atoms with Crippen LogP contribution >= 0.6 is 0 Å². The molecule has 4 nitrogen and oxygen atoms in total. The van der Waals surface area contributed by atoms with Crippen molar-refractivity contribution in [3.05, 3.63) is 23.9 Å². The minimum Gasteiger partial charge on any atom is -0.383 e. The fourth-order valence-electron chi connectivity index (χ4n) is 1.85. The van der Waals surface area contributed by atoms with Crippen LogP contribution < -0.4 is 4.90 Å². The summed E-state index contributed by atoms with van der Waals surface area (Å²) in [5, 5.41) is 0. The normalized spacial score (nSPS) is 12.2. The van der Waals surface area contributed by atoms with Crippen molar-refractivity contribution in [2.24, 2.45) is 0 Å². The van der Waals surface area contributed by atoms with Crippen LogP contribution in [0.5, 0.6) is 0 Å². The highest BCUT2D eigenvalue weighted by atomic mass is 16.5. The lowest BCUT2D eigenvalue weighted by Crippen LogP contribution is -2.37. The molecule has 18 heavy (non-hydrogen) atoms. The first-order valence-corrected chi connectivity index (χ1v) is 6.33. The summed E-state index contributed by atoms with van der Waals surface area (Å²) in [6, 6.07) is 3.95. The van der Waals surface area contributed by atoms with Crippen molar-refractivity contribution in [2.45, 2.75) is 33.2 Å². The van der Waals surface area contributed by atoms with Gasteiger partial charge in [0, 0.05) is 25.9 Å². The lowest BCUT2D eigenvalue weighted by Gasteiger charge is -2.30. The molecule has 0 aliphatic rings. The first kappa shape index (κ1) is 14.6. The largest absolute Gasteiger partial charge is 0.383 e. The summed E-state index contributed by atoms with van der Waals surface area (Å²) < 4.78 is 5.13. The van der Waals surface area contributed by atoms with Gasteiger partial charge in [-0.25, -0.2) is 4.98 Å². The third-order valence-electron chi connectivity index (χ3n) is 3.10. The van der Waals surface area contributed by atoms with E-state index < -0.39 is 0 Å². The van der Waals surface area contributed by atoms with E-state index in [2.05, 4.69) is 23.7 Å². The molecule has 0 bridgehead atoms. The van der Waals surface area contributed by atoms with Gasteiger partial charge in [-0.1, -0.05) is 6.92 Å². The number of carbonyl (C=O) groups excluding carboxylic acids is 1. The third-order valence-corrected chi connectivity index (χ3v) is 3.10. The van der Waals surface area contributed by atoms with E-state index in [1.54, 1.807) is 26.3 Å². The Labute approximate surface area is 109 Å². The Kier molecular flexibility index (Phi) is 5.78. The predicted octanol–water partition coefficient (Wildman–Crippen LogP) is 2.54. The number of pyridine rings is 1. The van der Waals surface area contributed by atoms with Crippen molar-refractivity contribution in [3.63, 3.8) is 0 Å². The summed E-state index contributed by atoms with van der Waals surface area (Å²) in [7, 11) is 1.68. The number of nitrogens with zero attached hydrogens (tertiary/aromatic N) is 2. The van der Waals surface area contributed by atoms with Crippen LogP contribution in [0.2, 0.25) is 0 Å². The Balaban J connectivity index is 3.07. The van der Waals surface area contributed by atoms with Gasteiger partial charge in [-0.2, -0.15) is 0 Å². The summed E-state index contributed by atoms with van der Waals surface area (Å²) >= 11 is 0. The molecule has 1 rings (SSSR count). The highest BCUT2D eigenvalue weighted by Gasteiger charge is 2.19. The van der Waals surface area contributed by atoms with Crippen molar-refractivity contribution < 1.29 is 9.53 Å². The molecule has 1 atom stereocenters. The summed E-state index contributed by atoms with van der Waals surface area (Å²) in [5.74, 6) is 0.806. The molecule has 1 aromatic heterocycles. The van der Waals surface area contributed by atoms with Crippen LogP contribution in [-0.2, 0) is 4.74 Å². The van der Waals surface area contributed by atoms with Gasteiger partial charge in [-0.3, -0.25) is 4.79 Å². The first-order valence-electron chi connectivity index (χ1n) is 6.33. The van der Waals surface area contributed by atoms with E-state index in [1.807, 2.05) is 6.07 Å². The number of carbonyl (C=O) groups is 1. The zero-order chi connectivity index (χ0) is 13.5. The molecule has 0 amide bonds.